The highest BCUT2D eigenvalue weighted by Gasteiger charge is 2.17. The Kier molecular flexibility index (Phi) is 4.49. The molecule has 0 radical (unpaired) electrons. The summed E-state index contributed by atoms with van der Waals surface area (Å²) in [6.07, 6.45) is 1.28. The monoisotopic (exact) mass is 284 g/mol. The Morgan fingerprint density at radius 1 is 1.53 bits per heavy atom. The van der Waals surface area contributed by atoms with Crippen molar-refractivity contribution in [3.8, 4) is 0 Å². The van der Waals surface area contributed by atoms with Crippen LogP contribution in [0.3, 0.4) is 0 Å². The molecule has 0 aliphatic rings. The van der Waals surface area contributed by atoms with Crippen LogP contribution in [0.1, 0.15) is 37.4 Å². The molecule has 0 spiro atoms. The lowest BCUT2D eigenvalue weighted by molar-refractivity contribution is 0.0683. The molecule has 0 fully saturated rings. The van der Waals surface area contributed by atoms with E-state index >= 15 is 0 Å². The number of hydrogen-bond donors (Lipinski definition) is 0. The summed E-state index contributed by atoms with van der Waals surface area (Å²) in [6.45, 7) is 6.08. The fourth-order valence-corrected chi connectivity index (χ4v) is 2.69. The minimum atomic E-state index is -1.25. The first kappa shape index (κ1) is 14.0. The van der Waals surface area contributed by atoms with Gasteiger partial charge < -0.3 is 13.7 Å². The zero-order valence-corrected chi connectivity index (χ0v) is 11.9. The van der Waals surface area contributed by atoms with E-state index in [1.54, 1.807) is 13.0 Å². The number of hydrogen-bond acceptors (Lipinski definition) is 6. The number of aryl methyl sites for hydroxylation is 1. The molecular weight excluding hydrogens is 268 g/mol. The fourth-order valence-electron chi connectivity index (χ4n) is 1.62. The van der Waals surface area contributed by atoms with E-state index in [0.29, 0.717) is 29.0 Å². The van der Waals surface area contributed by atoms with E-state index in [1.165, 1.54) is 6.26 Å². The summed E-state index contributed by atoms with van der Waals surface area (Å²) in [5, 5.41) is 3.82. The highest BCUT2D eigenvalue weighted by Crippen LogP contribution is 2.18. The first-order valence-corrected chi connectivity index (χ1v) is 7.30. The van der Waals surface area contributed by atoms with E-state index in [9.17, 15) is 4.21 Å². The smallest absolute Gasteiger partial charge is 0.239 e. The van der Waals surface area contributed by atoms with Crippen molar-refractivity contribution in [3.63, 3.8) is 0 Å². The van der Waals surface area contributed by atoms with Gasteiger partial charge in [0.2, 0.25) is 5.89 Å². The lowest BCUT2D eigenvalue weighted by Gasteiger charge is -2.04. The van der Waals surface area contributed by atoms with Crippen LogP contribution in [0.4, 0.5) is 0 Å². The molecule has 7 heteroatoms. The number of nitrogens with zero attached hydrogens (tertiary/aromatic N) is 2. The Morgan fingerprint density at radius 3 is 2.95 bits per heavy atom. The van der Waals surface area contributed by atoms with Gasteiger partial charge >= 0.3 is 0 Å². The van der Waals surface area contributed by atoms with E-state index in [0.717, 1.165) is 0 Å². The van der Waals surface area contributed by atoms with Crippen LogP contribution in [0.2, 0.25) is 0 Å². The Bertz CT molecular complexity index is 564. The Hall–Kier alpha value is -1.47. The van der Waals surface area contributed by atoms with Gasteiger partial charge in [-0.25, -0.2) is 0 Å². The van der Waals surface area contributed by atoms with Gasteiger partial charge in [-0.2, -0.15) is 4.98 Å². The minimum absolute atomic E-state index is 0.173. The molecule has 0 N–H and O–H groups in total. The summed E-state index contributed by atoms with van der Waals surface area (Å²) < 4.78 is 27.6. The molecule has 0 aromatic carbocycles. The Morgan fingerprint density at radius 2 is 2.32 bits per heavy atom. The van der Waals surface area contributed by atoms with Crippen LogP contribution in [-0.4, -0.2) is 21.0 Å². The number of aromatic nitrogens is 2. The molecule has 0 amide bonds. The van der Waals surface area contributed by atoms with E-state index in [1.807, 2.05) is 13.8 Å². The van der Waals surface area contributed by atoms with Crippen molar-refractivity contribution < 1.29 is 17.9 Å². The third-order valence-electron chi connectivity index (χ3n) is 2.58. The predicted octanol–water partition coefficient (Wildman–Crippen LogP) is 2.38. The molecule has 0 saturated heterocycles. The molecule has 0 saturated carbocycles. The zero-order valence-electron chi connectivity index (χ0n) is 11.1. The van der Waals surface area contributed by atoms with Crippen LogP contribution in [-0.2, 0) is 21.3 Å². The predicted molar refractivity (Wildman–Crippen MR) is 67.9 cm³/mol. The van der Waals surface area contributed by atoms with E-state index in [4.69, 9.17) is 13.7 Å². The summed E-state index contributed by atoms with van der Waals surface area (Å²) in [5.74, 6) is 1.62. The summed E-state index contributed by atoms with van der Waals surface area (Å²) >= 11 is 0. The topological polar surface area (TPSA) is 78.4 Å². The normalized spacial score (nSPS) is 14.5. The molecule has 0 aliphatic heterocycles. The molecule has 2 aromatic rings. The summed E-state index contributed by atoms with van der Waals surface area (Å²) in [4.78, 5) is 4.83. The molecule has 0 unspecified atom stereocenters. The van der Waals surface area contributed by atoms with E-state index < -0.39 is 10.8 Å². The van der Waals surface area contributed by atoms with Gasteiger partial charge in [-0.3, -0.25) is 4.21 Å². The first-order chi connectivity index (χ1) is 9.11. The highest BCUT2D eigenvalue weighted by atomic mass is 32.2. The number of rotatable bonds is 6. The minimum Gasteiger partial charge on any atom is -0.468 e. The van der Waals surface area contributed by atoms with Gasteiger partial charge in [-0.05, 0) is 26.8 Å². The van der Waals surface area contributed by atoms with Crippen molar-refractivity contribution in [2.75, 3.05) is 6.61 Å². The van der Waals surface area contributed by atoms with E-state index in [2.05, 4.69) is 10.1 Å². The lowest BCUT2D eigenvalue weighted by Crippen LogP contribution is -2.02. The number of ether oxygens (including phenoxy) is 1. The first-order valence-electron chi connectivity index (χ1n) is 5.98. The average Bonchev–Trinajstić information content (AvgIpc) is 2.98. The van der Waals surface area contributed by atoms with Gasteiger partial charge in [0, 0.05) is 6.61 Å². The Labute approximate surface area is 113 Å². The van der Waals surface area contributed by atoms with Gasteiger partial charge in [-0.1, -0.05) is 5.16 Å². The fraction of sp³-hybridized carbons (Fsp3) is 0.500. The number of furan rings is 1. The molecule has 19 heavy (non-hydrogen) atoms. The molecule has 104 valence electrons. The molecule has 0 bridgehead atoms. The van der Waals surface area contributed by atoms with Crippen LogP contribution < -0.4 is 0 Å². The van der Waals surface area contributed by atoms with Crippen molar-refractivity contribution in [2.45, 2.75) is 37.5 Å². The third-order valence-corrected chi connectivity index (χ3v) is 4.00. The SMILES string of the molecule is CCO[C@@H](C)c1noc(C[S@@](=O)c2ccoc2C)n1. The summed E-state index contributed by atoms with van der Waals surface area (Å²) in [7, 11) is -1.25. The maximum absolute atomic E-state index is 12.1. The van der Waals surface area contributed by atoms with Crippen LogP contribution in [0, 0.1) is 6.92 Å². The van der Waals surface area contributed by atoms with E-state index in [-0.39, 0.29) is 11.9 Å². The van der Waals surface area contributed by atoms with Gasteiger partial charge in [-0.15, -0.1) is 0 Å². The standard InChI is InChI=1S/C12H16N2O4S/c1-4-16-9(3)12-13-11(18-14-12)7-19(15)10-5-6-17-8(10)2/h5-6,9H,4,7H2,1-3H3/t9-,19+/m0/s1. The summed E-state index contributed by atoms with van der Waals surface area (Å²) in [6, 6.07) is 1.69. The second kappa shape index (κ2) is 6.12. The van der Waals surface area contributed by atoms with Crippen LogP contribution in [0.25, 0.3) is 0 Å². The highest BCUT2D eigenvalue weighted by molar-refractivity contribution is 7.84. The summed E-state index contributed by atoms with van der Waals surface area (Å²) in [5.41, 5.74) is 0. The molecule has 2 rings (SSSR count). The zero-order chi connectivity index (χ0) is 13.8. The second-order valence-electron chi connectivity index (χ2n) is 3.97. The maximum Gasteiger partial charge on any atom is 0.239 e. The van der Waals surface area contributed by atoms with Crippen LogP contribution in [0.15, 0.2) is 26.2 Å². The van der Waals surface area contributed by atoms with Gasteiger partial charge in [0.15, 0.2) is 5.82 Å². The molecular formula is C12H16N2O4S. The average molecular weight is 284 g/mol. The van der Waals surface area contributed by atoms with Crippen LogP contribution >= 0.6 is 0 Å². The quantitative estimate of drug-likeness (QED) is 0.810. The molecule has 2 atom stereocenters. The van der Waals surface area contributed by atoms with Crippen LogP contribution in [0.5, 0.6) is 0 Å². The largest absolute Gasteiger partial charge is 0.468 e. The van der Waals surface area contributed by atoms with Crippen molar-refractivity contribution in [1.29, 1.82) is 0 Å². The van der Waals surface area contributed by atoms with Crippen molar-refractivity contribution in [3.05, 3.63) is 29.8 Å². The molecule has 6 nitrogen and oxygen atoms in total. The lowest BCUT2D eigenvalue weighted by atomic mass is 10.4. The second-order valence-corrected chi connectivity index (χ2v) is 5.39. The van der Waals surface area contributed by atoms with Gasteiger partial charge in [0.05, 0.1) is 22.0 Å². The van der Waals surface area contributed by atoms with Gasteiger partial charge in [0.25, 0.3) is 0 Å². The molecule has 2 aromatic heterocycles. The molecule has 0 aliphatic carbocycles. The Balaban J connectivity index is 2.04. The van der Waals surface area contributed by atoms with Gasteiger partial charge in [0.1, 0.15) is 17.6 Å². The van der Waals surface area contributed by atoms with Crippen molar-refractivity contribution in [1.82, 2.24) is 10.1 Å². The van der Waals surface area contributed by atoms with Crippen molar-refractivity contribution in [2.24, 2.45) is 0 Å². The van der Waals surface area contributed by atoms with Crippen molar-refractivity contribution >= 4 is 10.8 Å². The third kappa shape index (κ3) is 3.30. The molecule has 2 heterocycles. The maximum atomic E-state index is 12.1.